The van der Waals surface area contributed by atoms with Gasteiger partial charge in [-0.1, -0.05) is 13.8 Å². The first-order chi connectivity index (χ1) is 10.0. The molecule has 0 aliphatic carbocycles. The third-order valence-corrected chi connectivity index (χ3v) is 2.85. The summed E-state index contributed by atoms with van der Waals surface area (Å²) in [5, 5.41) is 7.49. The van der Waals surface area contributed by atoms with Crippen molar-refractivity contribution in [1.29, 1.82) is 0 Å². The molecule has 0 atom stereocenters. The lowest BCUT2D eigenvalue weighted by atomic mass is 10.2. The summed E-state index contributed by atoms with van der Waals surface area (Å²) in [6, 6.07) is 3.66. The lowest BCUT2D eigenvalue weighted by Crippen LogP contribution is -2.13. The SMILES string of the molecule is Cc1cnn(CCNc2ccc(N)c(OCC(C)C)n2)c1. The molecule has 0 unspecified atom stereocenters. The van der Waals surface area contributed by atoms with Crippen LogP contribution in [-0.2, 0) is 6.54 Å². The zero-order chi connectivity index (χ0) is 15.2. The Hall–Kier alpha value is -2.24. The number of hydrogen-bond acceptors (Lipinski definition) is 5. The normalized spacial score (nSPS) is 10.9. The fourth-order valence-corrected chi connectivity index (χ4v) is 1.80. The summed E-state index contributed by atoms with van der Waals surface area (Å²) >= 11 is 0. The lowest BCUT2D eigenvalue weighted by molar-refractivity contribution is 0.263. The van der Waals surface area contributed by atoms with Gasteiger partial charge in [-0.2, -0.15) is 10.1 Å². The molecular weight excluding hydrogens is 266 g/mol. The van der Waals surface area contributed by atoms with Crippen LogP contribution < -0.4 is 15.8 Å². The third kappa shape index (κ3) is 4.66. The van der Waals surface area contributed by atoms with E-state index in [0.29, 0.717) is 24.1 Å². The average molecular weight is 289 g/mol. The highest BCUT2D eigenvalue weighted by Crippen LogP contribution is 2.21. The Balaban J connectivity index is 1.89. The van der Waals surface area contributed by atoms with Crippen LogP contribution in [-0.4, -0.2) is 27.9 Å². The number of nitrogens with zero attached hydrogens (tertiary/aromatic N) is 3. The van der Waals surface area contributed by atoms with Gasteiger partial charge in [-0.05, 0) is 30.5 Å². The maximum atomic E-state index is 5.87. The highest BCUT2D eigenvalue weighted by Gasteiger charge is 2.05. The first kappa shape index (κ1) is 15.2. The summed E-state index contributed by atoms with van der Waals surface area (Å²) in [5.74, 6) is 1.68. The van der Waals surface area contributed by atoms with Gasteiger partial charge < -0.3 is 15.8 Å². The molecule has 2 heterocycles. The van der Waals surface area contributed by atoms with Crippen molar-refractivity contribution in [3.05, 3.63) is 30.1 Å². The van der Waals surface area contributed by atoms with E-state index in [9.17, 15) is 0 Å². The summed E-state index contributed by atoms with van der Waals surface area (Å²) in [6.07, 6.45) is 3.86. The number of pyridine rings is 1. The van der Waals surface area contributed by atoms with Crippen molar-refractivity contribution in [2.75, 3.05) is 24.2 Å². The number of hydrogen-bond donors (Lipinski definition) is 2. The summed E-state index contributed by atoms with van der Waals surface area (Å²) in [7, 11) is 0. The maximum absolute atomic E-state index is 5.87. The van der Waals surface area contributed by atoms with Crippen LogP contribution in [0.3, 0.4) is 0 Å². The van der Waals surface area contributed by atoms with Crippen LogP contribution in [0.15, 0.2) is 24.5 Å². The topological polar surface area (TPSA) is 78.0 Å². The fraction of sp³-hybridized carbons (Fsp3) is 0.467. The van der Waals surface area contributed by atoms with Crippen molar-refractivity contribution in [2.45, 2.75) is 27.3 Å². The second-order valence-corrected chi connectivity index (χ2v) is 5.50. The number of aromatic nitrogens is 3. The monoisotopic (exact) mass is 289 g/mol. The highest BCUT2D eigenvalue weighted by molar-refractivity contribution is 5.53. The predicted octanol–water partition coefficient (Wildman–Crippen LogP) is 2.32. The van der Waals surface area contributed by atoms with Gasteiger partial charge in [0, 0.05) is 12.7 Å². The largest absolute Gasteiger partial charge is 0.476 e. The summed E-state index contributed by atoms with van der Waals surface area (Å²) < 4.78 is 7.51. The molecule has 2 aromatic heterocycles. The molecule has 0 aliphatic rings. The van der Waals surface area contributed by atoms with Crippen molar-refractivity contribution >= 4 is 11.5 Å². The van der Waals surface area contributed by atoms with Crippen molar-refractivity contribution < 1.29 is 4.74 Å². The number of rotatable bonds is 7. The Labute approximate surface area is 125 Å². The van der Waals surface area contributed by atoms with Crippen LogP contribution in [0.4, 0.5) is 11.5 Å². The molecule has 0 bridgehead atoms. The van der Waals surface area contributed by atoms with Crippen molar-refractivity contribution in [2.24, 2.45) is 5.92 Å². The lowest BCUT2D eigenvalue weighted by Gasteiger charge is -2.12. The Morgan fingerprint density at radius 3 is 2.86 bits per heavy atom. The molecule has 0 radical (unpaired) electrons. The van der Waals surface area contributed by atoms with Crippen LogP contribution in [0, 0.1) is 12.8 Å². The van der Waals surface area contributed by atoms with Crippen LogP contribution >= 0.6 is 0 Å². The minimum absolute atomic E-state index is 0.436. The van der Waals surface area contributed by atoms with E-state index in [1.165, 1.54) is 0 Å². The fourth-order valence-electron chi connectivity index (χ4n) is 1.80. The molecule has 0 aromatic carbocycles. The number of nitrogens with two attached hydrogens (primary N) is 1. The van der Waals surface area contributed by atoms with E-state index in [1.54, 1.807) is 0 Å². The Morgan fingerprint density at radius 1 is 1.38 bits per heavy atom. The summed E-state index contributed by atoms with van der Waals surface area (Å²) in [4.78, 5) is 4.39. The standard InChI is InChI=1S/C15H23N5O/c1-11(2)10-21-15-13(16)4-5-14(19-15)17-6-7-20-9-12(3)8-18-20/h4-5,8-9,11H,6-7,10,16H2,1-3H3,(H,17,19). The van der Waals surface area contributed by atoms with Gasteiger partial charge in [-0.25, -0.2) is 0 Å². The Bertz CT molecular complexity index is 579. The van der Waals surface area contributed by atoms with Crippen LogP contribution in [0.1, 0.15) is 19.4 Å². The molecular formula is C15H23N5O. The Kier molecular flexibility index (Phi) is 5.03. The van der Waals surface area contributed by atoms with Crippen molar-refractivity contribution in [1.82, 2.24) is 14.8 Å². The number of nitrogen functional groups attached to an aromatic ring is 1. The minimum atomic E-state index is 0.436. The van der Waals surface area contributed by atoms with Gasteiger partial charge in [0.05, 0.1) is 25.0 Å². The molecule has 2 aromatic rings. The van der Waals surface area contributed by atoms with E-state index in [2.05, 4.69) is 29.2 Å². The van der Waals surface area contributed by atoms with Gasteiger partial charge in [-0.15, -0.1) is 0 Å². The van der Waals surface area contributed by atoms with Gasteiger partial charge in [0.15, 0.2) is 0 Å². The van der Waals surface area contributed by atoms with Gasteiger partial charge in [0.2, 0.25) is 5.88 Å². The molecule has 3 N–H and O–H groups in total. The van der Waals surface area contributed by atoms with Crippen LogP contribution in [0.5, 0.6) is 5.88 Å². The van der Waals surface area contributed by atoms with E-state index >= 15 is 0 Å². The summed E-state index contributed by atoms with van der Waals surface area (Å²) in [6.45, 7) is 8.32. The molecule has 0 aliphatic heterocycles. The molecule has 2 rings (SSSR count). The van der Waals surface area contributed by atoms with Gasteiger partial charge in [-0.3, -0.25) is 4.68 Å². The van der Waals surface area contributed by atoms with E-state index in [-0.39, 0.29) is 0 Å². The highest BCUT2D eigenvalue weighted by atomic mass is 16.5. The number of anilines is 2. The molecule has 0 spiro atoms. The smallest absolute Gasteiger partial charge is 0.239 e. The van der Waals surface area contributed by atoms with Crippen LogP contribution in [0.2, 0.25) is 0 Å². The third-order valence-electron chi connectivity index (χ3n) is 2.85. The first-order valence-corrected chi connectivity index (χ1v) is 7.17. The maximum Gasteiger partial charge on any atom is 0.239 e. The zero-order valence-corrected chi connectivity index (χ0v) is 12.8. The zero-order valence-electron chi connectivity index (χ0n) is 12.8. The van der Waals surface area contributed by atoms with E-state index in [0.717, 1.165) is 24.5 Å². The predicted molar refractivity (Wildman–Crippen MR) is 84.4 cm³/mol. The number of aryl methyl sites for hydroxylation is 1. The second-order valence-electron chi connectivity index (χ2n) is 5.50. The molecule has 6 heteroatoms. The molecule has 6 nitrogen and oxygen atoms in total. The van der Waals surface area contributed by atoms with Gasteiger partial charge in [0.25, 0.3) is 0 Å². The van der Waals surface area contributed by atoms with E-state index in [1.807, 2.05) is 36.1 Å². The summed E-state index contributed by atoms with van der Waals surface area (Å²) in [5.41, 5.74) is 7.59. The minimum Gasteiger partial charge on any atom is -0.476 e. The van der Waals surface area contributed by atoms with Crippen molar-refractivity contribution in [3.8, 4) is 5.88 Å². The second kappa shape index (κ2) is 6.97. The molecule has 0 amide bonds. The molecule has 0 saturated carbocycles. The quantitative estimate of drug-likeness (QED) is 0.818. The number of nitrogens with one attached hydrogen (secondary N) is 1. The first-order valence-electron chi connectivity index (χ1n) is 7.17. The molecule has 0 fully saturated rings. The average Bonchev–Trinajstić information content (AvgIpc) is 2.84. The Morgan fingerprint density at radius 2 is 2.19 bits per heavy atom. The van der Waals surface area contributed by atoms with Crippen molar-refractivity contribution in [3.63, 3.8) is 0 Å². The van der Waals surface area contributed by atoms with E-state index in [4.69, 9.17) is 10.5 Å². The molecule has 114 valence electrons. The molecule has 0 saturated heterocycles. The van der Waals surface area contributed by atoms with E-state index < -0.39 is 0 Å². The van der Waals surface area contributed by atoms with Crippen LogP contribution in [0.25, 0.3) is 0 Å². The number of ether oxygens (including phenoxy) is 1. The van der Waals surface area contributed by atoms with Gasteiger partial charge in [0.1, 0.15) is 5.82 Å². The van der Waals surface area contributed by atoms with Gasteiger partial charge >= 0.3 is 0 Å². The molecule has 21 heavy (non-hydrogen) atoms.